The number of hydrogen-bond acceptors (Lipinski definition) is 4. The van der Waals surface area contributed by atoms with Gasteiger partial charge in [0, 0.05) is 11.6 Å². The van der Waals surface area contributed by atoms with Crippen LogP contribution >= 0.6 is 12.4 Å². The van der Waals surface area contributed by atoms with Crippen molar-refractivity contribution in [1.29, 1.82) is 5.26 Å². The number of rotatable bonds is 3. The first-order valence-electron chi connectivity index (χ1n) is 4.49. The summed E-state index contributed by atoms with van der Waals surface area (Å²) in [5.41, 5.74) is 11.0. The topological polar surface area (TPSA) is 96.1 Å². The van der Waals surface area contributed by atoms with Crippen molar-refractivity contribution in [3.05, 3.63) is 29.1 Å². The van der Waals surface area contributed by atoms with Crippen LogP contribution in [0.4, 0.5) is 4.39 Å². The highest BCUT2D eigenvalue weighted by Gasteiger charge is 2.16. The zero-order valence-corrected chi connectivity index (χ0v) is 9.30. The summed E-state index contributed by atoms with van der Waals surface area (Å²) in [7, 11) is 0. The van der Waals surface area contributed by atoms with Gasteiger partial charge in [0.2, 0.25) is 0 Å². The summed E-state index contributed by atoms with van der Waals surface area (Å²) in [5, 5.41) is 18.2. The Kier molecular flexibility index (Phi) is 5.75. The monoisotopic (exact) mass is 245 g/mol. The lowest BCUT2D eigenvalue weighted by molar-refractivity contribution is 0.450. The first kappa shape index (κ1) is 14.6. The fraction of sp³-hybridized carbons (Fsp3) is 0.300. The Morgan fingerprint density at radius 1 is 1.50 bits per heavy atom. The molecule has 1 aromatic rings. The molecule has 0 aliphatic heterocycles. The smallest absolute Gasteiger partial charge is 0.144 e. The zero-order chi connectivity index (χ0) is 11.4. The number of aromatic hydroxyl groups is 1. The Morgan fingerprint density at radius 2 is 2.12 bits per heavy atom. The van der Waals surface area contributed by atoms with Crippen LogP contribution < -0.4 is 11.5 Å². The minimum Gasteiger partial charge on any atom is -0.506 e. The maximum absolute atomic E-state index is 13.0. The Morgan fingerprint density at radius 3 is 2.62 bits per heavy atom. The quantitative estimate of drug-likeness (QED) is 0.745. The predicted molar refractivity (Wildman–Crippen MR) is 60.6 cm³/mol. The van der Waals surface area contributed by atoms with Gasteiger partial charge in [-0.1, -0.05) is 6.07 Å². The van der Waals surface area contributed by atoms with Gasteiger partial charge in [-0.15, -0.1) is 12.4 Å². The molecule has 0 bridgehead atoms. The summed E-state index contributed by atoms with van der Waals surface area (Å²) >= 11 is 0. The molecule has 0 spiro atoms. The van der Waals surface area contributed by atoms with Gasteiger partial charge in [-0.25, -0.2) is 4.39 Å². The Bertz CT molecular complexity index is 406. The van der Waals surface area contributed by atoms with E-state index in [2.05, 4.69) is 0 Å². The molecule has 0 saturated heterocycles. The van der Waals surface area contributed by atoms with E-state index in [0.29, 0.717) is 18.5 Å². The lowest BCUT2D eigenvalue weighted by Gasteiger charge is -2.13. The molecule has 1 aromatic carbocycles. The second kappa shape index (κ2) is 6.28. The number of phenolic OH excluding ortho intramolecular Hbond substituents is 1. The van der Waals surface area contributed by atoms with E-state index in [4.69, 9.17) is 16.7 Å². The molecule has 0 radical (unpaired) electrons. The molecule has 0 aromatic heterocycles. The maximum Gasteiger partial charge on any atom is 0.144 e. The van der Waals surface area contributed by atoms with E-state index < -0.39 is 17.6 Å². The van der Waals surface area contributed by atoms with E-state index in [9.17, 15) is 9.50 Å². The van der Waals surface area contributed by atoms with E-state index in [0.717, 1.165) is 6.07 Å². The number of phenols is 1. The number of nitrogens with two attached hydrogens (primary N) is 2. The van der Waals surface area contributed by atoms with Gasteiger partial charge in [-0.05, 0) is 19.0 Å². The molecule has 0 amide bonds. The molecule has 0 aliphatic rings. The third-order valence-electron chi connectivity index (χ3n) is 2.15. The molecule has 0 unspecified atom stereocenters. The van der Waals surface area contributed by atoms with E-state index in [1.807, 2.05) is 0 Å². The van der Waals surface area contributed by atoms with Crippen LogP contribution in [-0.4, -0.2) is 11.7 Å². The van der Waals surface area contributed by atoms with Crippen LogP contribution in [0.1, 0.15) is 23.6 Å². The highest BCUT2D eigenvalue weighted by molar-refractivity contribution is 5.85. The zero-order valence-electron chi connectivity index (χ0n) is 8.48. The van der Waals surface area contributed by atoms with Crippen molar-refractivity contribution in [3.8, 4) is 11.8 Å². The minimum absolute atomic E-state index is 0. The van der Waals surface area contributed by atoms with Crippen LogP contribution in [0.2, 0.25) is 0 Å². The molecule has 0 heterocycles. The number of hydrogen-bond donors (Lipinski definition) is 3. The third kappa shape index (κ3) is 2.83. The summed E-state index contributed by atoms with van der Waals surface area (Å²) in [6, 6.07) is 3.59. The molecule has 6 heteroatoms. The van der Waals surface area contributed by atoms with Crippen molar-refractivity contribution in [2.75, 3.05) is 6.54 Å². The Balaban J connectivity index is 0.00000225. The molecule has 4 nitrogen and oxygen atoms in total. The Hall–Kier alpha value is -1.35. The summed E-state index contributed by atoms with van der Waals surface area (Å²) in [6.45, 7) is 0.361. The van der Waals surface area contributed by atoms with Crippen LogP contribution in [0, 0.1) is 17.1 Å². The van der Waals surface area contributed by atoms with Crippen molar-refractivity contribution in [2.45, 2.75) is 12.5 Å². The molecule has 0 aliphatic carbocycles. The molecule has 0 saturated carbocycles. The summed E-state index contributed by atoms with van der Waals surface area (Å²) < 4.78 is 13.0. The fourth-order valence-corrected chi connectivity index (χ4v) is 1.32. The SMILES string of the molecule is Cl.N#Cc1c(F)ccc([C@@H](N)CCN)c1O. The standard InChI is InChI=1S/C10H12FN3O.ClH/c11-8-2-1-6(9(14)3-4-12)10(15)7(8)5-13;/h1-2,9,15H,3-4,12,14H2;1H/t9-;/m0./s1. The van der Waals surface area contributed by atoms with E-state index in [-0.39, 0.29) is 18.0 Å². The summed E-state index contributed by atoms with van der Waals surface area (Å²) in [4.78, 5) is 0. The minimum atomic E-state index is -0.751. The van der Waals surface area contributed by atoms with E-state index >= 15 is 0 Å². The van der Waals surface area contributed by atoms with Gasteiger partial charge < -0.3 is 16.6 Å². The van der Waals surface area contributed by atoms with Crippen LogP contribution in [0.5, 0.6) is 5.75 Å². The number of nitriles is 1. The molecule has 1 atom stereocenters. The van der Waals surface area contributed by atoms with Crippen LogP contribution in [0.3, 0.4) is 0 Å². The number of benzene rings is 1. The van der Waals surface area contributed by atoms with E-state index in [1.165, 1.54) is 6.07 Å². The summed E-state index contributed by atoms with van der Waals surface area (Å²) in [6.07, 6.45) is 0.462. The average Bonchev–Trinajstić information content (AvgIpc) is 2.18. The first-order valence-corrected chi connectivity index (χ1v) is 4.49. The first-order chi connectivity index (χ1) is 7.11. The molecule has 5 N–H and O–H groups in total. The van der Waals surface area contributed by atoms with Gasteiger partial charge in [-0.3, -0.25) is 0 Å². The van der Waals surface area contributed by atoms with Gasteiger partial charge >= 0.3 is 0 Å². The lowest BCUT2D eigenvalue weighted by atomic mass is 10.0. The molecular formula is C10H13ClFN3O. The van der Waals surface area contributed by atoms with Crippen molar-refractivity contribution in [2.24, 2.45) is 11.5 Å². The number of halogens is 2. The van der Waals surface area contributed by atoms with Crippen molar-refractivity contribution in [3.63, 3.8) is 0 Å². The second-order valence-corrected chi connectivity index (χ2v) is 3.16. The van der Waals surface area contributed by atoms with E-state index in [1.54, 1.807) is 6.07 Å². The molecular weight excluding hydrogens is 233 g/mol. The highest BCUT2D eigenvalue weighted by atomic mass is 35.5. The second-order valence-electron chi connectivity index (χ2n) is 3.16. The van der Waals surface area contributed by atoms with Crippen LogP contribution in [0.25, 0.3) is 0 Å². The molecule has 16 heavy (non-hydrogen) atoms. The normalized spacial score (nSPS) is 11.4. The van der Waals surface area contributed by atoms with Gasteiger partial charge in [0.25, 0.3) is 0 Å². The average molecular weight is 246 g/mol. The maximum atomic E-state index is 13.0. The fourth-order valence-electron chi connectivity index (χ4n) is 1.32. The predicted octanol–water partition coefficient (Wildman–Crippen LogP) is 1.17. The van der Waals surface area contributed by atoms with Gasteiger partial charge in [0.15, 0.2) is 0 Å². The summed E-state index contributed by atoms with van der Waals surface area (Å²) in [5.74, 6) is -1.14. The van der Waals surface area contributed by atoms with Crippen molar-refractivity contribution < 1.29 is 9.50 Å². The lowest BCUT2D eigenvalue weighted by Crippen LogP contribution is -2.15. The van der Waals surface area contributed by atoms with Gasteiger partial charge in [0.05, 0.1) is 0 Å². The van der Waals surface area contributed by atoms with Crippen molar-refractivity contribution >= 4 is 12.4 Å². The molecule has 0 fully saturated rings. The van der Waals surface area contributed by atoms with Gasteiger partial charge in [0.1, 0.15) is 23.2 Å². The van der Waals surface area contributed by atoms with Crippen LogP contribution in [0.15, 0.2) is 12.1 Å². The van der Waals surface area contributed by atoms with Crippen molar-refractivity contribution in [1.82, 2.24) is 0 Å². The number of nitrogens with zero attached hydrogens (tertiary/aromatic N) is 1. The van der Waals surface area contributed by atoms with Crippen LogP contribution in [-0.2, 0) is 0 Å². The highest BCUT2D eigenvalue weighted by Crippen LogP contribution is 2.29. The molecule has 88 valence electrons. The largest absolute Gasteiger partial charge is 0.506 e. The third-order valence-corrected chi connectivity index (χ3v) is 2.15. The Labute approximate surface area is 99.1 Å². The molecule has 1 rings (SSSR count). The van der Waals surface area contributed by atoms with Gasteiger partial charge in [-0.2, -0.15) is 5.26 Å².